The highest BCUT2D eigenvalue weighted by Gasteiger charge is 2.57. The van der Waals surface area contributed by atoms with Gasteiger partial charge in [0.1, 0.15) is 146 Å². The van der Waals surface area contributed by atoms with Crippen LogP contribution in [0.15, 0.2) is 48.6 Å². The quantitative estimate of drug-likeness (QED) is 0.0307. The van der Waals surface area contributed by atoms with Crippen LogP contribution in [0, 0.1) is 0 Å². The minimum Gasteiger partial charge on any atom is -0.493 e. The molecule has 524 valence electrons. The molecule has 93 heavy (non-hydrogen) atoms. The molecule has 36 nitrogen and oxygen atoms in total. The van der Waals surface area contributed by atoms with Crippen LogP contribution in [0.2, 0.25) is 0 Å². The fourth-order valence-corrected chi connectivity index (χ4v) is 10.9. The minimum atomic E-state index is -2.07. The summed E-state index contributed by atoms with van der Waals surface area (Å²) >= 11 is 0. The maximum absolute atomic E-state index is 13.0. The number of ketones is 2. The van der Waals surface area contributed by atoms with Crippen LogP contribution >= 0.6 is 0 Å². The molecule has 2 aromatic carbocycles. The molecule has 30 atom stereocenters. The maximum Gasteiger partial charge on any atom is 0.229 e. The maximum atomic E-state index is 13.0. The Morgan fingerprint density at radius 1 is 0.344 bits per heavy atom. The molecule has 1 unspecified atom stereocenters. The number of aliphatic hydroxyl groups excluding tert-OH is 20. The molecular formula is C57H80O36. The van der Waals surface area contributed by atoms with E-state index in [1.165, 1.54) is 62.8 Å². The van der Waals surface area contributed by atoms with Crippen molar-refractivity contribution in [1.82, 2.24) is 0 Å². The summed E-state index contributed by atoms with van der Waals surface area (Å²) in [5, 5.41) is 212. The van der Waals surface area contributed by atoms with Crippen molar-refractivity contribution in [2.24, 2.45) is 0 Å². The lowest BCUT2D eigenvalue weighted by Crippen LogP contribution is -2.67. The molecule has 6 saturated heterocycles. The van der Waals surface area contributed by atoms with Gasteiger partial charge in [0.05, 0.1) is 60.3 Å². The first-order valence-corrected chi connectivity index (χ1v) is 29.2. The Kier molecular flexibility index (Phi) is 26.3. The highest BCUT2D eigenvalue weighted by atomic mass is 16.8. The average Bonchev–Trinajstić information content (AvgIpc) is 0.851. The molecule has 0 aromatic heterocycles. The van der Waals surface area contributed by atoms with E-state index < -0.39 is 242 Å². The summed E-state index contributed by atoms with van der Waals surface area (Å²) in [5.41, 5.74) is 0.680. The molecule has 2 aromatic rings. The van der Waals surface area contributed by atoms with Gasteiger partial charge in [0.2, 0.25) is 12.6 Å². The van der Waals surface area contributed by atoms with E-state index >= 15 is 0 Å². The molecule has 8 rings (SSSR count). The van der Waals surface area contributed by atoms with Gasteiger partial charge in [0.15, 0.2) is 59.7 Å². The van der Waals surface area contributed by atoms with Crippen LogP contribution in [-0.4, -0.2) is 352 Å². The number of benzene rings is 2. The van der Waals surface area contributed by atoms with Crippen LogP contribution in [0.25, 0.3) is 12.2 Å². The second kappa shape index (κ2) is 33.0. The number of rotatable bonds is 26. The SMILES string of the molecule is COc1cc(/C=C/C(=O)CC(=O)/C=C/c2ccc(O[C@@H]3O[C@H](CO)[C@@H](O)[C@H](O[C@@H]4O[C@H](CO)[C@@H](O)[C@H](O[C@@H]5O[C@H](CO)[C@@H](O)[C@H](O)[C@H]5O)[C@H]4O)[C@H]3O)c(OC)c2)ccc1O[C@@H]1O[C@H](CO)[C@@H](O)[C@H](O[C@@H]2O[C@H](CO)[C@@H](O)[C@H](OC3O[C@H](CO)[C@@H](O)[C@H](O)[C@H]3O)[C@H]2O)[C@H]1O. The Balaban J connectivity index is 0.862. The highest BCUT2D eigenvalue weighted by Crippen LogP contribution is 2.39. The summed E-state index contributed by atoms with van der Waals surface area (Å²) < 4.78 is 78.7. The first-order chi connectivity index (χ1) is 44.3. The lowest BCUT2D eigenvalue weighted by Gasteiger charge is -2.48. The Hall–Kier alpha value is -4.74. The molecule has 6 aliphatic heterocycles. The second-order valence-electron chi connectivity index (χ2n) is 22.5. The molecule has 0 saturated carbocycles. The molecule has 0 aliphatic carbocycles. The second-order valence-corrected chi connectivity index (χ2v) is 22.5. The van der Waals surface area contributed by atoms with Gasteiger partial charge in [-0.15, -0.1) is 0 Å². The van der Waals surface area contributed by atoms with Gasteiger partial charge < -0.3 is 168 Å². The summed E-state index contributed by atoms with van der Waals surface area (Å²) in [5.74, 6) is -1.48. The van der Waals surface area contributed by atoms with Crippen molar-refractivity contribution in [3.63, 3.8) is 0 Å². The molecule has 36 heteroatoms. The number of hydrogen-bond donors (Lipinski definition) is 20. The van der Waals surface area contributed by atoms with Crippen LogP contribution in [-0.2, 0) is 57.0 Å². The van der Waals surface area contributed by atoms with Gasteiger partial charge >= 0.3 is 0 Å². The predicted molar refractivity (Wildman–Crippen MR) is 298 cm³/mol. The predicted octanol–water partition coefficient (Wildman–Crippen LogP) is -10.4. The van der Waals surface area contributed by atoms with Crippen LogP contribution in [0.3, 0.4) is 0 Å². The van der Waals surface area contributed by atoms with E-state index in [-0.39, 0.29) is 23.0 Å². The lowest BCUT2D eigenvalue weighted by molar-refractivity contribution is -0.378. The van der Waals surface area contributed by atoms with Crippen molar-refractivity contribution < 1.29 is 178 Å². The molecule has 6 fully saturated rings. The molecule has 0 radical (unpaired) electrons. The number of methoxy groups -OCH3 is 2. The van der Waals surface area contributed by atoms with E-state index in [2.05, 4.69) is 0 Å². The van der Waals surface area contributed by atoms with Crippen molar-refractivity contribution in [1.29, 1.82) is 0 Å². The van der Waals surface area contributed by atoms with Crippen molar-refractivity contribution in [2.45, 2.75) is 191 Å². The van der Waals surface area contributed by atoms with Gasteiger partial charge in [0.25, 0.3) is 0 Å². The molecule has 20 N–H and O–H groups in total. The van der Waals surface area contributed by atoms with Gasteiger partial charge in [-0.05, 0) is 47.5 Å². The van der Waals surface area contributed by atoms with Crippen LogP contribution in [0.1, 0.15) is 17.5 Å². The Labute approximate surface area is 527 Å². The molecular weight excluding hydrogens is 1260 g/mol. The molecule has 6 heterocycles. The summed E-state index contributed by atoms with van der Waals surface area (Å²) in [7, 11) is 2.51. The zero-order valence-electron chi connectivity index (χ0n) is 49.5. The Morgan fingerprint density at radius 3 is 0.882 bits per heavy atom. The number of carbonyl (C=O) groups excluding carboxylic acids is 2. The third-order valence-electron chi connectivity index (χ3n) is 16.3. The van der Waals surface area contributed by atoms with Gasteiger partial charge in [0, 0.05) is 0 Å². The molecule has 0 bridgehead atoms. The first-order valence-electron chi connectivity index (χ1n) is 29.2. The fourth-order valence-electron chi connectivity index (χ4n) is 10.9. The number of carbonyl (C=O) groups is 2. The van der Waals surface area contributed by atoms with Crippen LogP contribution in [0.4, 0.5) is 0 Å². The van der Waals surface area contributed by atoms with E-state index in [0.717, 1.165) is 12.2 Å². The van der Waals surface area contributed by atoms with E-state index in [1.807, 2.05) is 0 Å². The number of ether oxygens (including phenoxy) is 14. The van der Waals surface area contributed by atoms with Gasteiger partial charge in [-0.1, -0.05) is 24.3 Å². The third kappa shape index (κ3) is 16.6. The average molecular weight is 1340 g/mol. The normalized spacial score (nSPS) is 41.7. The van der Waals surface area contributed by atoms with E-state index in [9.17, 15) is 112 Å². The summed E-state index contributed by atoms with van der Waals surface area (Å²) in [4.78, 5) is 26.1. The van der Waals surface area contributed by atoms with E-state index in [0.29, 0.717) is 11.1 Å². The molecule has 0 spiro atoms. The van der Waals surface area contributed by atoms with Gasteiger partial charge in [-0.25, -0.2) is 0 Å². The van der Waals surface area contributed by atoms with Crippen LogP contribution in [0.5, 0.6) is 23.0 Å². The monoisotopic (exact) mass is 1340 g/mol. The number of hydrogen-bond acceptors (Lipinski definition) is 36. The third-order valence-corrected chi connectivity index (χ3v) is 16.3. The summed E-state index contributed by atoms with van der Waals surface area (Å²) in [6.07, 6.45) is -50.3. The van der Waals surface area contributed by atoms with Gasteiger partial charge in [-0.2, -0.15) is 0 Å². The number of allylic oxidation sites excluding steroid dienone is 2. The summed E-state index contributed by atoms with van der Waals surface area (Å²) in [6, 6.07) is 8.37. The van der Waals surface area contributed by atoms with E-state index in [4.69, 9.17) is 66.3 Å². The van der Waals surface area contributed by atoms with Crippen LogP contribution < -0.4 is 18.9 Å². The van der Waals surface area contributed by atoms with E-state index in [1.54, 1.807) is 0 Å². The zero-order chi connectivity index (χ0) is 67.9. The smallest absolute Gasteiger partial charge is 0.229 e. The standard InChI is InChI=1S/C57H80O36/c1-80-26-11-20(5-9-24(26)82-54-44(76)48(36(68)30(16-60)86-54)92-56-46(78)50(38(70)32(18-62)88-56)90-52-42(74)40(72)34(66)28(14-58)84-52)3-7-22(64)13-23(65)8-4-21-6-10-25(27(12-21)81-2)83-55-45(77)49(37(69)31(17-61)87-55)93-57-47(79)51(39(71)33(19-63)89-57)91-53-43(75)41(73)35(67)29(15-59)85-53/h3-12,28-63,66-79H,13-19H2,1-2H3/b7-3+,8-4+/t28-,29-,30-,31-,32-,33-,34-,35-,36-,37-,38-,39-,40+,41+,42-,43-,44-,45-,46-,47-,48+,49+,50+,51+,52+,53?,54-,55-,56+,57+/m1/s1. The fraction of sp³-hybridized carbons (Fsp3) is 0.684. The number of aliphatic hydroxyl groups is 20. The topological polar surface area (TPSA) is 568 Å². The Morgan fingerprint density at radius 2 is 0.602 bits per heavy atom. The summed E-state index contributed by atoms with van der Waals surface area (Å²) in [6.45, 7) is -5.27. The van der Waals surface area contributed by atoms with Crippen molar-refractivity contribution in [2.75, 3.05) is 53.9 Å². The minimum absolute atomic E-state index is 0.00492. The van der Waals surface area contributed by atoms with Crippen molar-refractivity contribution >= 4 is 23.7 Å². The highest BCUT2D eigenvalue weighted by molar-refractivity contribution is 6.10. The molecule has 6 aliphatic rings. The zero-order valence-corrected chi connectivity index (χ0v) is 49.5. The largest absolute Gasteiger partial charge is 0.493 e. The Bertz CT molecular complexity index is 2590. The first kappa shape index (κ1) is 74.1. The van der Waals surface area contributed by atoms with Crippen molar-refractivity contribution in [3.8, 4) is 23.0 Å². The van der Waals surface area contributed by atoms with Crippen molar-refractivity contribution in [3.05, 3.63) is 59.7 Å². The molecule has 0 amide bonds. The van der Waals surface area contributed by atoms with Gasteiger partial charge in [-0.3, -0.25) is 9.59 Å². The lowest BCUT2D eigenvalue weighted by atomic mass is 9.96.